The molecule has 5 heteroatoms. The average Bonchev–Trinajstić information content (AvgIpc) is 2.56. The zero-order chi connectivity index (χ0) is 17.7. The number of aryl methyl sites for hydroxylation is 1. The molecule has 0 aliphatic heterocycles. The van der Waals surface area contributed by atoms with E-state index in [9.17, 15) is 4.79 Å². The van der Waals surface area contributed by atoms with Gasteiger partial charge in [0.1, 0.15) is 0 Å². The molecule has 0 aromatic heterocycles. The first-order chi connectivity index (χ1) is 11.4. The fourth-order valence-corrected chi connectivity index (χ4v) is 2.65. The van der Waals surface area contributed by atoms with Crippen molar-refractivity contribution < 1.29 is 19.4 Å². The third-order valence-electron chi connectivity index (χ3n) is 3.91. The molecule has 0 aliphatic rings. The molecule has 0 unspecified atom stereocenters. The van der Waals surface area contributed by atoms with Gasteiger partial charge in [-0.1, -0.05) is 12.1 Å². The van der Waals surface area contributed by atoms with Crippen molar-refractivity contribution in [2.75, 3.05) is 21.3 Å². The molecule has 0 aliphatic carbocycles. The van der Waals surface area contributed by atoms with E-state index < -0.39 is 5.97 Å². The van der Waals surface area contributed by atoms with Crippen molar-refractivity contribution in [1.82, 2.24) is 4.90 Å². The largest absolute Gasteiger partial charge is 0.493 e. The van der Waals surface area contributed by atoms with Crippen molar-refractivity contribution in [3.63, 3.8) is 0 Å². The molecule has 1 N–H and O–H groups in total. The van der Waals surface area contributed by atoms with E-state index >= 15 is 0 Å². The smallest absolute Gasteiger partial charge is 0.335 e. The summed E-state index contributed by atoms with van der Waals surface area (Å²) >= 11 is 0. The lowest BCUT2D eigenvalue weighted by molar-refractivity contribution is 0.0696. The Labute approximate surface area is 142 Å². The number of hydrogen-bond donors (Lipinski definition) is 1. The number of nitrogens with zero attached hydrogens (tertiary/aromatic N) is 1. The van der Waals surface area contributed by atoms with Crippen LogP contribution in [0.4, 0.5) is 0 Å². The van der Waals surface area contributed by atoms with Crippen LogP contribution in [-0.4, -0.2) is 37.2 Å². The van der Waals surface area contributed by atoms with E-state index in [1.54, 1.807) is 32.4 Å². The maximum Gasteiger partial charge on any atom is 0.335 e. The van der Waals surface area contributed by atoms with E-state index in [0.29, 0.717) is 17.9 Å². The summed E-state index contributed by atoms with van der Waals surface area (Å²) in [6, 6.07) is 11.0. The first kappa shape index (κ1) is 17.8. The van der Waals surface area contributed by atoms with Gasteiger partial charge < -0.3 is 14.6 Å². The van der Waals surface area contributed by atoms with Crippen LogP contribution in [0.25, 0.3) is 0 Å². The molecular formula is C19H23NO4. The minimum atomic E-state index is -0.907. The second kappa shape index (κ2) is 7.84. The van der Waals surface area contributed by atoms with Crippen LogP contribution < -0.4 is 9.47 Å². The van der Waals surface area contributed by atoms with E-state index in [1.165, 1.54) is 0 Å². The quantitative estimate of drug-likeness (QED) is 0.844. The number of benzene rings is 2. The van der Waals surface area contributed by atoms with Crippen molar-refractivity contribution in [1.29, 1.82) is 0 Å². The summed E-state index contributed by atoms with van der Waals surface area (Å²) in [4.78, 5) is 13.2. The van der Waals surface area contributed by atoms with Gasteiger partial charge in [-0.3, -0.25) is 4.90 Å². The van der Waals surface area contributed by atoms with Gasteiger partial charge in [-0.05, 0) is 54.9 Å². The van der Waals surface area contributed by atoms with Crippen LogP contribution in [0.15, 0.2) is 36.4 Å². The minimum absolute atomic E-state index is 0.309. The van der Waals surface area contributed by atoms with E-state index in [1.807, 2.05) is 32.2 Å². The van der Waals surface area contributed by atoms with Crippen molar-refractivity contribution >= 4 is 5.97 Å². The molecule has 0 bridgehead atoms. The topological polar surface area (TPSA) is 59.0 Å². The molecule has 24 heavy (non-hydrogen) atoms. The van der Waals surface area contributed by atoms with Crippen molar-refractivity contribution in [3.05, 3.63) is 58.7 Å². The Bertz CT molecular complexity index is 727. The number of hydrogen-bond acceptors (Lipinski definition) is 4. The van der Waals surface area contributed by atoms with E-state index in [2.05, 4.69) is 4.90 Å². The summed E-state index contributed by atoms with van der Waals surface area (Å²) in [6.45, 7) is 3.43. The van der Waals surface area contributed by atoms with Gasteiger partial charge in [-0.15, -0.1) is 0 Å². The highest BCUT2D eigenvalue weighted by atomic mass is 16.5. The first-order valence-electron chi connectivity index (χ1n) is 7.67. The van der Waals surface area contributed by atoms with Gasteiger partial charge in [0, 0.05) is 13.1 Å². The van der Waals surface area contributed by atoms with Gasteiger partial charge in [-0.25, -0.2) is 4.79 Å². The predicted molar refractivity (Wildman–Crippen MR) is 92.9 cm³/mol. The van der Waals surface area contributed by atoms with E-state index in [0.717, 1.165) is 29.0 Å². The fourth-order valence-electron chi connectivity index (χ4n) is 2.65. The SMILES string of the molecule is COc1cc(C)c(CN(C)Cc2cccc(C(=O)O)c2)cc1OC. The van der Waals surface area contributed by atoms with E-state index in [-0.39, 0.29) is 0 Å². The van der Waals surface area contributed by atoms with Gasteiger partial charge in [0.15, 0.2) is 11.5 Å². The van der Waals surface area contributed by atoms with Crippen LogP contribution in [0.5, 0.6) is 11.5 Å². The third kappa shape index (κ3) is 4.26. The molecule has 2 aromatic rings. The second-order valence-corrected chi connectivity index (χ2v) is 5.81. The molecule has 5 nitrogen and oxygen atoms in total. The number of methoxy groups -OCH3 is 2. The molecule has 0 fully saturated rings. The number of rotatable bonds is 7. The molecule has 2 aromatic carbocycles. The Kier molecular flexibility index (Phi) is 5.82. The minimum Gasteiger partial charge on any atom is -0.493 e. The van der Waals surface area contributed by atoms with Gasteiger partial charge >= 0.3 is 5.97 Å². The van der Waals surface area contributed by atoms with Gasteiger partial charge in [-0.2, -0.15) is 0 Å². The Morgan fingerprint density at radius 2 is 1.75 bits per heavy atom. The highest BCUT2D eigenvalue weighted by Crippen LogP contribution is 2.30. The van der Waals surface area contributed by atoms with Crippen LogP contribution in [0.3, 0.4) is 0 Å². The summed E-state index contributed by atoms with van der Waals surface area (Å²) < 4.78 is 10.7. The van der Waals surface area contributed by atoms with Crippen LogP contribution in [0.2, 0.25) is 0 Å². The molecule has 0 saturated heterocycles. The average molecular weight is 329 g/mol. The molecule has 0 radical (unpaired) electrons. The highest BCUT2D eigenvalue weighted by molar-refractivity contribution is 5.87. The Morgan fingerprint density at radius 3 is 2.38 bits per heavy atom. The van der Waals surface area contributed by atoms with Crippen molar-refractivity contribution in [2.45, 2.75) is 20.0 Å². The summed E-state index contributed by atoms with van der Waals surface area (Å²) in [6.07, 6.45) is 0. The second-order valence-electron chi connectivity index (χ2n) is 5.81. The molecule has 2 rings (SSSR count). The Balaban J connectivity index is 2.13. The lowest BCUT2D eigenvalue weighted by Gasteiger charge is -2.20. The summed E-state index contributed by atoms with van der Waals surface area (Å²) in [5.41, 5.74) is 3.54. The zero-order valence-corrected chi connectivity index (χ0v) is 14.5. The Morgan fingerprint density at radius 1 is 1.08 bits per heavy atom. The van der Waals surface area contributed by atoms with E-state index in [4.69, 9.17) is 14.6 Å². The number of ether oxygens (including phenoxy) is 2. The fraction of sp³-hybridized carbons (Fsp3) is 0.316. The van der Waals surface area contributed by atoms with Crippen molar-refractivity contribution in [3.8, 4) is 11.5 Å². The number of aromatic carboxylic acids is 1. The number of carboxylic acids is 1. The van der Waals surface area contributed by atoms with Crippen LogP contribution in [-0.2, 0) is 13.1 Å². The summed E-state index contributed by atoms with van der Waals surface area (Å²) in [5.74, 6) is 0.519. The molecule has 0 saturated carbocycles. The van der Waals surface area contributed by atoms with Crippen LogP contribution >= 0.6 is 0 Å². The Hall–Kier alpha value is -2.53. The first-order valence-corrected chi connectivity index (χ1v) is 7.67. The molecule has 128 valence electrons. The predicted octanol–water partition coefficient (Wildman–Crippen LogP) is 3.34. The van der Waals surface area contributed by atoms with Crippen molar-refractivity contribution in [2.24, 2.45) is 0 Å². The molecule has 0 spiro atoms. The van der Waals surface area contributed by atoms with Gasteiger partial charge in [0.05, 0.1) is 19.8 Å². The van der Waals surface area contributed by atoms with Crippen LogP contribution in [0, 0.1) is 6.92 Å². The number of carbonyl (C=O) groups is 1. The summed E-state index contributed by atoms with van der Waals surface area (Å²) in [5, 5.41) is 9.08. The maximum absolute atomic E-state index is 11.1. The van der Waals surface area contributed by atoms with Gasteiger partial charge in [0.25, 0.3) is 0 Å². The number of carboxylic acid groups (broad SMARTS) is 1. The lowest BCUT2D eigenvalue weighted by atomic mass is 10.1. The normalized spacial score (nSPS) is 10.7. The monoisotopic (exact) mass is 329 g/mol. The molecule has 0 atom stereocenters. The molecule has 0 amide bonds. The third-order valence-corrected chi connectivity index (χ3v) is 3.91. The highest BCUT2D eigenvalue weighted by Gasteiger charge is 2.11. The molecular weight excluding hydrogens is 306 g/mol. The lowest BCUT2D eigenvalue weighted by Crippen LogP contribution is -2.18. The van der Waals surface area contributed by atoms with Crippen LogP contribution in [0.1, 0.15) is 27.0 Å². The molecule has 0 heterocycles. The standard InChI is InChI=1S/C19H23NO4/c1-13-8-17(23-3)18(24-4)10-16(13)12-20(2)11-14-6-5-7-15(9-14)19(21)22/h5-10H,11-12H2,1-4H3,(H,21,22). The zero-order valence-electron chi connectivity index (χ0n) is 14.5. The summed E-state index contributed by atoms with van der Waals surface area (Å²) in [7, 11) is 5.25. The maximum atomic E-state index is 11.1. The van der Waals surface area contributed by atoms with Gasteiger partial charge in [0.2, 0.25) is 0 Å².